The maximum Gasteiger partial charge on any atom is 0.318 e. The van der Waals surface area contributed by atoms with Crippen molar-refractivity contribution >= 4 is 58.8 Å². The lowest BCUT2D eigenvalue weighted by molar-refractivity contribution is -0.108. The number of benzene rings is 3. The van der Waals surface area contributed by atoms with Crippen molar-refractivity contribution in [1.82, 2.24) is 10.2 Å². The van der Waals surface area contributed by atoms with Crippen molar-refractivity contribution in [3.05, 3.63) is 98.5 Å². The van der Waals surface area contributed by atoms with Gasteiger partial charge in [0, 0.05) is 41.8 Å². The van der Waals surface area contributed by atoms with Gasteiger partial charge in [0.05, 0.1) is 16.1 Å². The van der Waals surface area contributed by atoms with E-state index in [0.717, 1.165) is 31.6 Å². The summed E-state index contributed by atoms with van der Waals surface area (Å²) in [4.78, 5) is 36.6. The lowest BCUT2D eigenvalue weighted by atomic mass is 9.89. The number of imide groups is 1. The molecule has 2 atom stereocenters. The van der Waals surface area contributed by atoms with Gasteiger partial charge < -0.3 is 15.5 Å². The molecule has 0 spiro atoms. The minimum Gasteiger partial charge on any atom is -0.368 e. The lowest BCUT2D eigenvalue weighted by Crippen LogP contribution is -2.57. The van der Waals surface area contributed by atoms with Crippen LogP contribution in [0.25, 0.3) is 0 Å². The average Bonchev–Trinajstić information content (AvgIpc) is 3.34. The first-order valence-corrected chi connectivity index (χ1v) is 13.3. The fraction of sp³-hybridized carbons (Fsp3) is 0.250. The Morgan fingerprint density at radius 1 is 0.947 bits per heavy atom. The standard InChI is InChI=1S/C26H23Cl3N2O.C2H4N2O2/c27-19-6-3-5-18(14-19)26(32)31-13-12-30(20-9-11-23(28)24(29)15-20)16-25(31)22-10-8-17-4-1-2-7-21(17)22;3-2(6)4-1-5/h1-7,9,11,14-15,22,25H,8,10,12-13,16H2;1H,(H3,3,4,5,6)/t22-,25+;/m1./s1. The molecule has 7 nitrogen and oxygen atoms in total. The predicted molar refractivity (Wildman–Crippen MR) is 151 cm³/mol. The summed E-state index contributed by atoms with van der Waals surface area (Å²) in [6, 6.07) is 20.8. The average molecular weight is 574 g/mol. The zero-order valence-electron chi connectivity index (χ0n) is 20.4. The number of carbonyl (C=O) groups is 3. The lowest BCUT2D eigenvalue weighted by Gasteiger charge is -2.45. The van der Waals surface area contributed by atoms with Crippen LogP contribution in [0.3, 0.4) is 0 Å². The van der Waals surface area contributed by atoms with Gasteiger partial charge in [-0.3, -0.25) is 14.9 Å². The Hall–Kier alpha value is -3.26. The smallest absolute Gasteiger partial charge is 0.318 e. The molecule has 38 heavy (non-hydrogen) atoms. The number of nitrogens with two attached hydrogens (primary N) is 1. The van der Waals surface area contributed by atoms with Crippen LogP contribution >= 0.6 is 34.8 Å². The Labute approximate surface area is 236 Å². The van der Waals surface area contributed by atoms with Crippen molar-refractivity contribution in [2.75, 3.05) is 24.5 Å². The minimum absolute atomic E-state index is 0.0377. The summed E-state index contributed by atoms with van der Waals surface area (Å²) in [5.41, 5.74) is 8.84. The van der Waals surface area contributed by atoms with Gasteiger partial charge in [0.15, 0.2) is 0 Å². The summed E-state index contributed by atoms with van der Waals surface area (Å²) >= 11 is 18.6. The van der Waals surface area contributed by atoms with Crippen molar-refractivity contribution in [3.8, 4) is 0 Å². The molecule has 0 unspecified atom stereocenters. The van der Waals surface area contributed by atoms with Crippen molar-refractivity contribution in [3.63, 3.8) is 0 Å². The molecule has 1 heterocycles. The molecule has 1 aliphatic carbocycles. The summed E-state index contributed by atoms with van der Waals surface area (Å²) in [6.07, 6.45) is 2.31. The van der Waals surface area contributed by atoms with Gasteiger partial charge in [0.2, 0.25) is 6.41 Å². The van der Waals surface area contributed by atoms with Gasteiger partial charge in [-0.25, -0.2) is 4.79 Å². The van der Waals surface area contributed by atoms with Crippen LogP contribution in [0.4, 0.5) is 10.5 Å². The number of rotatable bonds is 4. The summed E-state index contributed by atoms with van der Waals surface area (Å²) in [6.45, 7) is 2.10. The molecule has 3 N–H and O–H groups in total. The van der Waals surface area contributed by atoms with E-state index < -0.39 is 6.03 Å². The highest BCUT2D eigenvalue weighted by atomic mass is 35.5. The molecule has 2 aliphatic rings. The third-order valence-electron chi connectivity index (χ3n) is 6.86. The van der Waals surface area contributed by atoms with Crippen molar-refractivity contribution in [2.45, 2.75) is 24.8 Å². The number of piperazine rings is 1. The van der Waals surface area contributed by atoms with Crippen molar-refractivity contribution in [2.24, 2.45) is 5.73 Å². The Morgan fingerprint density at radius 2 is 1.74 bits per heavy atom. The number of aryl methyl sites for hydroxylation is 1. The molecule has 198 valence electrons. The molecular weight excluding hydrogens is 547 g/mol. The van der Waals surface area contributed by atoms with Gasteiger partial charge in [0.25, 0.3) is 5.91 Å². The molecule has 5 rings (SSSR count). The molecule has 0 saturated carbocycles. The van der Waals surface area contributed by atoms with Crippen LogP contribution in [0.1, 0.15) is 33.8 Å². The normalized spacial score (nSPS) is 18.2. The van der Waals surface area contributed by atoms with E-state index in [9.17, 15) is 14.4 Å². The highest BCUT2D eigenvalue weighted by Gasteiger charge is 2.39. The van der Waals surface area contributed by atoms with Gasteiger partial charge in [-0.1, -0.05) is 65.1 Å². The highest BCUT2D eigenvalue weighted by molar-refractivity contribution is 6.42. The number of amides is 4. The second-order valence-electron chi connectivity index (χ2n) is 9.09. The first kappa shape index (κ1) is 27.8. The first-order valence-electron chi connectivity index (χ1n) is 12.1. The first-order chi connectivity index (χ1) is 18.3. The number of nitrogens with one attached hydrogen (secondary N) is 1. The second kappa shape index (κ2) is 12.5. The Balaban J connectivity index is 0.000000505. The zero-order chi connectivity index (χ0) is 27.2. The van der Waals surface area contributed by atoms with Crippen LogP contribution in [-0.4, -0.2) is 48.9 Å². The maximum absolute atomic E-state index is 13.6. The maximum atomic E-state index is 13.6. The highest BCUT2D eigenvalue weighted by Crippen LogP contribution is 2.40. The van der Waals surface area contributed by atoms with Crippen molar-refractivity contribution < 1.29 is 14.4 Å². The molecular formula is C28H27Cl3N4O3. The van der Waals surface area contributed by atoms with E-state index in [1.807, 2.05) is 35.2 Å². The second-order valence-corrected chi connectivity index (χ2v) is 10.3. The number of anilines is 1. The number of nitrogens with zero attached hydrogens (tertiary/aromatic N) is 2. The van der Waals surface area contributed by atoms with E-state index in [4.69, 9.17) is 34.8 Å². The SMILES string of the molecule is NC(=O)NC=O.O=C(c1cccc(Cl)c1)N1CCN(c2ccc(Cl)c(Cl)c2)C[C@H]1[C@@H]1CCc2ccccc21. The van der Waals surface area contributed by atoms with Gasteiger partial charge in [-0.2, -0.15) is 0 Å². The zero-order valence-corrected chi connectivity index (χ0v) is 22.7. The third-order valence-corrected chi connectivity index (χ3v) is 7.84. The Bertz CT molecular complexity index is 1340. The van der Waals surface area contributed by atoms with E-state index >= 15 is 0 Å². The monoisotopic (exact) mass is 572 g/mol. The van der Waals surface area contributed by atoms with E-state index in [1.54, 1.807) is 17.4 Å². The van der Waals surface area contributed by atoms with Crippen LogP contribution in [0.5, 0.6) is 0 Å². The van der Waals surface area contributed by atoms with E-state index in [1.165, 1.54) is 11.1 Å². The van der Waals surface area contributed by atoms with Gasteiger partial charge >= 0.3 is 6.03 Å². The minimum atomic E-state index is -0.829. The molecule has 1 fully saturated rings. The van der Waals surface area contributed by atoms with Crippen LogP contribution < -0.4 is 16.0 Å². The number of hydrogen-bond donors (Lipinski definition) is 2. The number of primary amides is 1. The van der Waals surface area contributed by atoms with Crippen LogP contribution in [0.15, 0.2) is 66.7 Å². The van der Waals surface area contributed by atoms with E-state index in [2.05, 4.69) is 34.9 Å². The predicted octanol–water partition coefficient (Wildman–Crippen LogP) is 5.52. The number of fused-ring (bicyclic) bond motifs is 1. The van der Waals surface area contributed by atoms with Gasteiger partial charge in [-0.15, -0.1) is 0 Å². The molecule has 10 heteroatoms. The van der Waals surface area contributed by atoms with Crippen LogP contribution in [0, 0.1) is 0 Å². The summed E-state index contributed by atoms with van der Waals surface area (Å²) in [5, 5.41) is 3.34. The summed E-state index contributed by atoms with van der Waals surface area (Å²) < 4.78 is 0. The number of carbonyl (C=O) groups excluding carboxylic acids is 3. The van der Waals surface area contributed by atoms with Crippen LogP contribution in [0.2, 0.25) is 15.1 Å². The molecule has 3 aromatic carbocycles. The van der Waals surface area contributed by atoms with Gasteiger partial charge in [0.1, 0.15) is 0 Å². The summed E-state index contributed by atoms with van der Waals surface area (Å²) in [7, 11) is 0. The third kappa shape index (κ3) is 6.41. The molecule has 0 radical (unpaired) electrons. The van der Waals surface area contributed by atoms with E-state index in [-0.39, 0.29) is 18.4 Å². The fourth-order valence-electron chi connectivity index (χ4n) is 5.16. The molecule has 1 aliphatic heterocycles. The fourth-order valence-corrected chi connectivity index (χ4v) is 5.64. The molecule has 1 saturated heterocycles. The molecule has 0 bridgehead atoms. The summed E-state index contributed by atoms with van der Waals surface area (Å²) in [5.74, 6) is 0.329. The molecule has 3 aromatic rings. The Kier molecular flexibility index (Phi) is 9.15. The Morgan fingerprint density at radius 3 is 2.42 bits per heavy atom. The van der Waals surface area contributed by atoms with Crippen molar-refractivity contribution in [1.29, 1.82) is 0 Å². The van der Waals surface area contributed by atoms with E-state index in [0.29, 0.717) is 33.1 Å². The number of hydrogen-bond acceptors (Lipinski definition) is 4. The van der Waals surface area contributed by atoms with Gasteiger partial charge in [-0.05, 0) is 60.4 Å². The molecule has 4 amide bonds. The topological polar surface area (TPSA) is 95.7 Å². The number of urea groups is 1. The largest absolute Gasteiger partial charge is 0.368 e. The molecule has 0 aromatic heterocycles. The van der Waals surface area contributed by atoms with Crippen LogP contribution in [-0.2, 0) is 11.2 Å². The number of halogens is 3. The quantitative estimate of drug-likeness (QED) is 0.402.